The van der Waals surface area contributed by atoms with Crippen molar-refractivity contribution in [2.45, 2.75) is 57.6 Å². The molecule has 2 N–H and O–H groups in total. The van der Waals surface area contributed by atoms with Crippen molar-refractivity contribution in [1.29, 1.82) is 0 Å². The van der Waals surface area contributed by atoms with Crippen LogP contribution in [-0.2, 0) is 4.74 Å². The van der Waals surface area contributed by atoms with Crippen LogP contribution in [-0.4, -0.2) is 18.8 Å². The van der Waals surface area contributed by atoms with Gasteiger partial charge in [0.2, 0.25) is 0 Å². The van der Waals surface area contributed by atoms with Crippen molar-refractivity contribution in [2.75, 3.05) is 6.61 Å². The molecule has 1 aliphatic carbocycles. The molecule has 3 atom stereocenters. The molecule has 19 heavy (non-hydrogen) atoms. The topological polar surface area (TPSA) is 35.2 Å². The maximum Gasteiger partial charge on any atom is 0.0518 e. The van der Waals surface area contributed by atoms with Crippen LogP contribution in [0.4, 0.5) is 0 Å². The molecule has 0 heterocycles. The summed E-state index contributed by atoms with van der Waals surface area (Å²) in [5, 5.41) is 0. The van der Waals surface area contributed by atoms with Crippen LogP contribution in [0.1, 0.15) is 51.0 Å². The smallest absolute Gasteiger partial charge is 0.0518 e. The van der Waals surface area contributed by atoms with Gasteiger partial charge in [0.1, 0.15) is 0 Å². The molecule has 1 saturated carbocycles. The lowest BCUT2D eigenvalue weighted by Crippen LogP contribution is -2.36. The summed E-state index contributed by atoms with van der Waals surface area (Å²) in [4.78, 5) is 0. The lowest BCUT2D eigenvalue weighted by atomic mass is 9.74. The van der Waals surface area contributed by atoms with Gasteiger partial charge in [-0.25, -0.2) is 0 Å². The fourth-order valence-corrected chi connectivity index (χ4v) is 3.10. The summed E-state index contributed by atoms with van der Waals surface area (Å²) in [6.07, 6.45) is 5.01. The Morgan fingerprint density at radius 3 is 2.63 bits per heavy atom. The van der Waals surface area contributed by atoms with Crippen molar-refractivity contribution in [1.82, 2.24) is 0 Å². The standard InChI is InChI=1S/C17H27NO/c1-13(2)19-11-10-16-12-15(8-9-17(16)18)14-6-4-3-5-7-14/h3-7,13,15-17H,8-12,18H2,1-2H3. The summed E-state index contributed by atoms with van der Waals surface area (Å²) in [5.41, 5.74) is 7.76. The summed E-state index contributed by atoms with van der Waals surface area (Å²) in [7, 11) is 0. The van der Waals surface area contributed by atoms with Crippen LogP contribution in [0.2, 0.25) is 0 Å². The third-order valence-electron chi connectivity index (χ3n) is 4.25. The fraction of sp³-hybridized carbons (Fsp3) is 0.647. The van der Waals surface area contributed by atoms with Gasteiger partial charge in [-0.05, 0) is 56.9 Å². The Morgan fingerprint density at radius 2 is 1.95 bits per heavy atom. The quantitative estimate of drug-likeness (QED) is 0.877. The van der Waals surface area contributed by atoms with Crippen molar-refractivity contribution < 1.29 is 4.74 Å². The van der Waals surface area contributed by atoms with Crippen LogP contribution in [0.5, 0.6) is 0 Å². The molecular formula is C17H27NO. The molecule has 106 valence electrons. The first-order valence-corrected chi connectivity index (χ1v) is 7.59. The minimum absolute atomic E-state index is 0.324. The molecule has 0 radical (unpaired) electrons. The normalized spacial score (nSPS) is 27.7. The van der Waals surface area contributed by atoms with E-state index < -0.39 is 0 Å². The van der Waals surface area contributed by atoms with Crippen LogP contribution >= 0.6 is 0 Å². The van der Waals surface area contributed by atoms with Crippen LogP contribution in [0.3, 0.4) is 0 Å². The molecule has 0 spiro atoms. The molecule has 0 bridgehead atoms. The van der Waals surface area contributed by atoms with Crippen molar-refractivity contribution in [3.63, 3.8) is 0 Å². The Morgan fingerprint density at radius 1 is 1.21 bits per heavy atom. The Balaban J connectivity index is 1.89. The molecule has 0 aromatic heterocycles. The highest BCUT2D eigenvalue weighted by Crippen LogP contribution is 2.36. The second-order valence-corrected chi connectivity index (χ2v) is 6.05. The largest absolute Gasteiger partial charge is 0.379 e. The first-order chi connectivity index (χ1) is 9.16. The zero-order chi connectivity index (χ0) is 13.7. The molecule has 2 heteroatoms. The first kappa shape index (κ1) is 14.5. The number of hydrogen-bond donors (Lipinski definition) is 1. The van der Waals surface area contributed by atoms with E-state index in [1.807, 2.05) is 0 Å². The lowest BCUT2D eigenvalue weighted by molar-refractivity contribution is 0.0610. The summed E-state index contributed by atoms with van der Waals surface area (Å²) >= 11 is 0. The Bertz CT molecular complexity index is 363. The maximum atomic E-state index is 6.28. The number of hydrogen-bond acceptors (Lipinski definition) is 2. The van der Waals surface area contributed by atoms with E-state index in [4.69, 9.17) is 10.5 Å². The molecule has 0 aliphatic heterocycles. The Labute approximate surface area is 117 Å². The number of rotatable bonds is 5. The van der Waals surface area contributed by atoms with Crippen LogP contribution in [0.25, 0.3) is 0 Å². The predicted molar refractivity (Wildman–Crippen MR) is 80.2 cm³/mol. The van der Waals surface area contributed by atoms with Gasteiger partial charge in [-0.1, -0.05) is 30.3 Å². The second kappa shape index (κ2) is 7.06. The summed E-state index contributed by atoms with van der Waals surface area (Å²) in [6, 6.07) is 11.2. The van der Waals surface area contributed by atoms with Crippen LogP contribution in [0.15, 0.2) is 30.3 Å². The van der Waals surface area contributed by atoms with Gasteiger partial charge in [0.05, 0.1) is 6.10 Å². The van der Waals surface area contributed by atoms with E-state index in [-0.39, 0.29) is 0 Å². The van der Waals surface area contributed by atoms with Gasteiger partial charge in [-0.3, -0.25) is 0 Å². The molecule has 2 rings (SSSR count). The zero-order valence-electron chi connectivity index (χ0n) is 12.2. The van der Waals surface area contributed by atoms with Gasteiger partial charge in [0.15, 0.2) is 0 Å². The van der Waals surface area contributed by atoms with Crippen molar-refractivity contribution in [2.24, 2.45) is 11.7 Å². The zero-order valence-corrected chi connectivity index (χ0v) is 12.2. The summed E-state index contributed by atoms with van der Waals surface area (Å²) in [6.45, 7) is 5.03. The van der Waals surface area contributed by atoms with E-state index in [0.29, 0.717) is 24.0 Å². The Hall–Kier alpha value is -0.860. The van der Waals surface area contributed by atoms with Gasteiger partial charge >= 0.3 is 0 Å². The fourth-order valence-electron chi connectivity index (χ4n) is 3.10. The molecule has 1 aromatic carbocycles. The monoisotopic (exact) mass is 261 g/mol. The summed E-state index contributed by atoms with van der Waals surface area (Å²) < 4.78 is 5.68. The SMILES string of the molecule is CC(C)OCCC1CC(c2ccccc2)CCC1N. The van der Waals surface area contributed by atoms with E-state index in [1.165, 1.54) is 18.4 Å². The lowest BCUT2D eigenvalue weighted by Gasteiger charge is -2.34. The van der Waals surface area contributed by atoms with Crippen molar-refractivity contribution in [3.05, 3.63) is 35.9 Å². The highest BCUT2D eigenvalue weighted by Gasteiger charge is 2.28. The van der Waals surface area contributed by atoms with Crippen LogP contribution < -0.4 is 5.73 Å². The third kappa shape index (κ3) is 4.32. The average molecular weight is 261 g/mol. The number of nitrogens with two attached hydrogens (primary N) is 1. The van der Waals surface area contributed by atoms with Gasteiger partial charge in [0.25, 0.3) is 0 Å². The molecule has 1 fully saturated rings. The molecule has 0 saturated heterocycles. The van der Waals surface area contributed by atoms with Gasteiger partial charge in [-0.15, -0.1) is 0 Å². The van der Waals surface area contributed by atoms with Gasteiger partial charge < -0.3 is 10.5 Å². The predicted octanol–water partition coefficient (Wildman–Crippen LogP) is 3.71. The van der Waals surface area contributed by atoms with E-state index in [1.54, 1.807) is 0 Å². The number of benzene rings is 1. The third-order valence-corrected chi connectivity index (χ3v) is 4.25. The average Bonchev–Trinajstić information content (AvgIpc) is 2.41. The van der Waals surface area contributed by atoms with Crippen molar-refractivity contribution >= 4 is 0 Å². The minimum atomic E-state index is 0.324. The second-order valence-electron chi connectivity index (χ2n) is 6.05. The van der Waals surface area contributed by atoms with Crippen molar-refractivity contribution in [3.8, 4) is 0 Å². The maximum absolute atomic E-state index is 6.28. The molecule has 0 amide bonds. The summed E-state index contributed by atoms with van der Waals surface area (Å²) in [5.74, 6) is 1.29. The molecule has 1 aromatic rings. The molecule has 3 unspecified atom stereocenters. The number of ether oxygens (including phenoxy) is 1. The van der Waals surface area contributed by atoms with E-state index in [0.717, 1.165) is 19.4 Å². The van der Waals surface area contributed by atoms with Gasteiger partial charge in [-0.2, -0.15) is 0 Å². The molecule has 1 aliphatic rings. The van der Waals surface area contributed by atoms with E-state index in [9.17, 15) is 0 Å². The highest BCUT2D eigenvalue weighted by molar-refractivity contribution is 5.20. The molecular weight excluding hydrogens is 234 g/mol. The highest BCUT2D eigenvalue weighted by atomic mass is 16.5. The van der Waals surface area contributed by atoms with Gasteiger partial charge in [0, 0.05) is 12.6 Å². The van der Waals surface area contributed by atoms with E-state index >= 15 is 0 Å². The first-order valence-electron chi connectivity index (χ1n) is 7.59. The minimum Gasteiger partial charge on any atom is -0.379 e. The molecule has 2 nitrogen and oxygen atoms in total. The Kier molecular flexibility index (Phi) is 5.41. The van der Waals surface area contributed by atoms with E-state index in [2.05, 4.69) is 44.2 Å². The van der Waals surface area contributed by atoms with Crippen LogP contribution in [0, 0.1) is 5.92 Å².